The molecule has 3 N–H and O–H groups in total. The van der Waals surface area contributed by atoms with Crippen LogP contribution in [0.15, 0.2) is 24.7 Å². The van der Waals surface area contributed by atoms with Gasteiger partial charge in [-0.3, -0.25) is 14.6 Å². The molecule has 156 valence electrons. The highest BCUT2D eigenvalue weighted by Crippen LogP contribution is 2.30. The smallest absolute Gasteiger partial charge is 0.247 e. The number of rotatable bonds is 7. The molecule has 0 spiro atoms. The zero-order chi connectivity index (χ0) is 21.8. The van der Waals surface area contributed by atoms with E-state index in [0.29, 0.717) is 22.8 Å². The van der Waals surface area contributed by atoms with Gasteiger partial charge < -0.3 is 20.6 Å². The molecule has 0 aliphatic heterocycles. The van der Waals surface area contributed by atoms with E-state index >= 15 is 0 Å². The Balaban J connectivity index is 1.83. The van der Waals surface area contributed by atoms with Gasteiger partial charge in [0.1, 0.15) is 12.1 Å². The van der Waals surface area contributed by atoms with Crippen molar-refractivity contribution in [2.45, 2.75) is 31.9 Å². The van der Waals surface area contributed by atoms with E-state index in [9.17, 15) is 20.0 Å². The van der Waals surface area contributed by atoms with E-state index in [1.54, 1.807) is 20.2 Å². The Hall–Kier alpha value is -3.58. The third kappa shape index (κ3) is 4.87. The fourth-order valence-electron chi connectivity index (χ4n) is 2.75. The molecule has 0 radical (unpaired) electrons. The highest BCUT2D eigenvalue weighted by Gasteiger charge is 2.30. The van der Waals surface area contributed by atoms with Crippen LogP contribution in [0.2, 0.25) is 0 Å². The van der Waals surface area contributed by atoms with Crippen molar-refractivity contribution in [2.24, 2.45) is 5.92 Å². The summed E-state index contributed by atoms with van der Waals surface area (Å²) in [6.07, 6.45) is 5.22. The van der Waals surface area contributed by atoms with Gasteiger partial charge in [-0.2, -0.15) is 5.26 Å². The van der Waals surface area contributed by atoms with E-state index in [4.69, 9.17) is 0 Å². The third-order valence-electron chi connectivity index (χ3n) is 4.64. The number of amides is 2. The lowest BCUT2D eigenvalue weighted by Crippen LogP contribution is -2.45. The summed E-state index contributed by atoms with van der Waals surface area (Å²) >= 11 is 0. The van der Waals surface area contributed by atoms with E-state index in [1.165, 1.54) is 30.4 Å². The number of likely N-dealkylation sites (N-methyl/N-ethyl adjacent to an activating group) is 1. The van der Waals surface area contributed by atoms with Crippen LogP contribution in [0, 0.1) is 17.2 Å². The number of pyridine rings is 1. The number of nitrogens with zero attached hydrogens (tertiary/aromatic N) is 5. The zero-order valence-corrected chi connectivity index (χ0v) is 17.0. The van der Waals surface area contributed by atoms with E-state index in [0.717, 1.165) is 12.8 Å². The fraction of sp³-hybridized carbons (Fsp3) is 0.400. The molecule has 1 fully saturated rings. The molecule has 0 unspecified atom stereocenters. The van der Waals surface area contributed by atoms with Crippen LogP contribution in [0.3, 0.4) is 0 Å². The second-order valence-corrected chi connectivity index (χ2v) is 7.38. The first-order valence-corrected chi connectivity index (χ1v) is 9.49. The molecular formula is C20H23N7O3. The number of anilines is 2. The van der Waals surface area contributed by atoms with Crippen LogP contribution in [0.5, 0.6) is 0 Å². The molecule has 0 aromatic carbocycles. The molecule has 10 nitrogen and oxygen atoms in total. The molecule has 2 heterocycles. The second kappa shape index (κ2) is 8.84. The Kier molecular flexibility index (Phi) is 6.23. The fourth-order valence-corrected chi connectivity index (χ4v) is 2.75. The van der Waals surface area contributed by atoms with Gasteiger partial charge in [0, 0.05) is 31.8 Å². The number of hydrogen-bond donors (Lipinski definition) is 3. The molecule has 3 rings (SSSR count). The van der Waals surface area contributed by atoms with Gasteiger partial charge in [0.15, 0.2) is 11.5 Å². The van der Waals surface area contributed by atoms with Crippen LogP contribution in [0.4, 0.5) is 11.5 Å². The van der Waals surface area contributed by atoms with Gasteiger partial charge in [0.25, 0.3) is 0 Å². The lowest BCUT2D eigenvalue weighted by atomic mass is 10.1. The first kappa shape index (κ1) is 21.1. The van der Waals surface area contributed by atoms with Crippen LogP contribution in [0.1, 0.15) is 25.5 Å². The largest absolute Gasteiger partial charge is 0.391 e. The zero-order valence-electron chi connectivity index (χ0n) is 17.0. The van der Waals surface area contributed by atoms with Crippen molar-refractivity contribution in [3.63, 3.8) is 0 Å². The van der Waals surface area contributed by atoms with Gasteiger partial charge >= 0.3 is 0 Å². The summed E-state index contributed by atoms with van der Waals surface area (Å²) < 4.78 is 0. The highest BCUT2D eigenvalue weighted by molar-refractivity contribution is 5.93. The van der Waals surface area contributed by atoms with E-state index in [1.807, 2.05) is 6.07 Å². The van der Waals surface area contributed by atoms with Gasteiger partial charge in [-0.25, -0.2) is 9.97 Å². The van der Waals surface area contributed by atoms with Crippen LogP contribution in [-0.4, -0.2) is 63.0 Å². The van der Waals surface area contributed by atoms with Crippen LogP contribution < -0.4 is 10.6 Å². The summed E-state index contributed by atoms with van der Waals surface area (Å²) in [6.45, 7) is 1.49. The number of aliphatic hydroxyl groups is 1. The van der Waals surface area contributed by atoms with Gasteiger partial charge in [0.05, 0.1) is 29.9 Å². The molecule has 2 amide bonds. The summed E-state index contributed by atoms with van der Waals surface area (Å²) in [5, 5.41) is 25.0. The number of carbonyl (C=O) groups excluding carboxylic acids is 2. The molecule has 10 heteroatoms. The quantitative estimate of drug-likeness (QED) is 0.614. The second-order valence-electron chi connectivity index (χ2n) is 7.38. The molecule has 1 aliphatic rings. The number of nitriles is 1. The topological polar surface area (TPSA) is 144 Å². The number of aromatic nitrogens is 3. The van der Waals surface area contributed by atoms with Crippen LogP contribution >= 0.6 is 0 Å². The van der Waals surface area contributed by atoms with Gasteiger partial charge in [-0.1, -0.05) is 0 Å². The molecule has 1 saturated carbocycles. The van der Waals surface area contributed by atoms with Crippen molar-refractivity contribution in [1.82, 2.24) is 19.9 Å². The first-order valence-electron chi connectivity index (χ1n) is 9.49. The summed E-state index contributed by atoms with van der Waals surface area (Å²) in [5.74, 6) is 0.0315. The van der Waals surface area contributed by atoms with Crippen LogP contribution in [-0.2, 0) is 9.59 Å². The molecule has 30 heavy (non-hydrogen) atoms. The predicted molar refractivity (Wildman–Crippen MR) is 109 cm³/mol. The van der Waals surface area contributed by atoms with Gasteiger partial charge in [0.2, 0.25) is 11.8 Å². The summed E-state index contributed by atoms with van der Waals surface area (Å²) in [4.78, 5) is 38.2. The predicted octanol–water partition coefficient (Wildman–Crippen LogP) is 1.01. The average molecular weight is 409 g/mol. The Morgan fingerprint density at radius 2 is 1.97 bits per heavy atom. The van der Waals surface area contributed by atoms with Crippen molar-refractivity contribution in [3.05, 3.63) is 30.4 Å². The Morgan fingerprint density at radius 1 is 1.23 bits per heavy atom. The molecule has 2 atom stereocenters. The number of aliphatic hydroxyl groups excluding tert-OH is 1. The van der Waals surface area contributed by atoms with Gasteiger partial charge in [-0.05, 0) is 25.8 Å². The third-order valence-corrected chi connectivity index (χ3v) is 4.64. The van der Waals surface area contributed by atoms with E-state index in [2.05, 4.69) is 25.6 Å². The Labute approximate surface area is 174 Å². The number of carbonyl (C=O) groups is 2. The van der Waals surface area contributed by atoms with Gasteiger partial charge in [-0.15, -0.1) is 0 Å². The van der Waals surface area contributed by atoms with Crippen LogP contribution in [0.25, 0.3) is 11.3 Å². The standard InChI is InChI=1S/C20H23N7O3/c1-11(28)18(20(30)27(2)3)25-14-6-13(8-22-15(14)7-21)16-9-24-17(10-23-16)26-19(29)12-4-5-12/h6,8-12,18,25,28H,4-5H2,1-3H3,(H,24,26,29)/t11-,18-/m1/s1. The molecule has 2 aromatic rings. The monoisotopic (exact) mass is 409 g/mol. The van der Waals surface area contributed by atoms with Crippen molar-refractivity contribution in [1.29, 1.82) is 5.26 Å². The van der Waals surface area contributed by atoms with Crippen molar-refractivity contribution < 1.29 is 14.7 Å². The van der Waals surface area contributed by atoms with Crippen molar-refractivity contribution in [2.75, 3.05) is 24.7 Å². The SMILES string of the molecule is C[C@@H](O)[C@@H](Nc1cc(-c2cnc(NC(=O)C3CC3)cn2)cnc1C#N)C(=O)N(C)C. The average Bonchev–Trinajstić information content (AvgIpc) is 3.57. The normalized spacial score (nSPS) is 14.9. The lowest BCUT2D eigenvalue weighted by Gasteiger charge is -2.25. The molecule has 0 bridgehead atoms. The maximum Gasteiger partial charge on any atom is 0.247 e. The maximum atomic E-state index is 12.4. The minimum Gasteiger partial charge on any atom is -0.391 e. The maximum absolute atomic E-state index is 12.4. The minimum atomic E-state index is -0.996. The highest BCUT2D eigenvalue weighted by atomic mass is 16.3. The van der Waals surface area contributed by atoms with Crippen molar-refractivity contribution >= 4 is 23.3 Å². The Bertz CT molecular complexity index is 979. The Morgan fingerprint density at radius 3 is 2.50 bits per heavy atom. The molecule has 2 aromatic heterocycles. The summed E-state index contributed by atoms with van der Waals surface area (Å²) in [6, 6.07) is 2.64. The number of hydrogen-bond acceptors (Lipinski definition) is 8. The van der Waals surface area contributed by atoms with Crippen molar-refractivity contribution in [3.8, 4) is 17.3 Å². The summed E-state index contributed by atoms with van der Waals surface area (Å²) in [7, 11) is 3.16. The molecule has 1 aliphatic carbocycles. The molecule has 0 saturated heterocycles. The lowest BCUT2D eigenvalue weighted by molar-refractivity contribution is -0.131. The molecular weight excluding hydrogens is 386 g/mol. The first-order chi connectivity index (χ1) is 14.3. The van der Waals surface area contributed by atoms with E-state index < -0.39 is 12.1 Å². The summed E-state index contributed by atoms with van der Waals surface area (Å²) in [5.41, 5.74) is 1.42. The van der Waals surface area contributed by atoms with E-state index in [-0.39, 0.29) is 23.4 Å². The minimum absolute atomic E-state index is 0.0571. The number of nitrogens with one attached hydrogen (secondary N) is 2.